The summed E-state index contributed by atoms with van der Waals surface area (Å²) in [6.07, 6.45) is 10.4. The van der Waals surface area contributed by atoms with Crippen LogP contribution >= 0.6 is 0 Å². The molecule has 3 rings (SSSR count). The molecule has 88 valence electrons. The van der Waals surface area contributed by atoms with Crippen LogP contribution in [0.15, 0.2) is 66.8 Å². The smallest absolute Gasteiger partial charge is 0.169 e. The van der Waals surface area contributed by atoms with Crippen LogP contribution in [0.2, 0.25) is 0 Å². The molecule has 2 heteroatoms. The number of benzene rings is 1. The first-order valence-corrected chi connectivity index (χ1v) is 5.93. The van der Waals surface area contributed by atoms with Crippen LogP contribution in [0.5, 0.6) is 0 Å². The van der Waals surface area contributed by atoms with Crippen LogP contribution in [0, 0.1) is 5.92 Å². The first kappa shape index (κ1) is 10.9. The molecule has 0 aliphatic heterocycles. The van der Waals surface area contributed by atoms with Crippen molar-refractivity contribution in [1.29, 1.82) is 0 Å². The van der Waals surface area contributed by atoms with Crippen LogP contribution in [-0.2, 0) is 15.0 Å². The van der Waals surface area contributed by atoms with Gasteiger partial charge in [-0.2, -0.15) is 0 Å². The topological polar surface area (TPSA) is 34.1 Å². The van der Waals surface area contributed by atoms with Gasteiger partial charge in [0, 0.05) is 0 Å². The Bertz CT molecular complexity index is 593. The van der Waals surface area contributed by atoms with Gasteiger partial charge in [-0.1, -0.05) is 60.7 Å². The monoisotopic (exact) mass is 236 g/mol. The van der Waals surface area contributed by atoms with Gasteiger partial charge in [-0.05, 0) is 11.6 Å². The minimum atomic E-state index is -0.788. The fourth-order valence-electron chi connectivity index (χ4n) is 2.54. The highest BCUT2D eigenvalue weighted by Crippen LogP contribution is 2.36. The van der Waals surface area contributed by atoms with Gasteiger partial charge >= 0.3 is 0 Å². The predicted molar refractivity (Wildman–Crippen MR) is 69.0 cm³/mol. The number of hydrogen-bond acceptors (Lipinski definition) is 2. The Hall–Kier alpha value is -2.22. The Kier molecular flexibility index (Phi) is 2.37. The van der Waals surface area contributed by atoms with Gasteiger partial charge < -0.3 is 0 Å². The standard InChI is InChI=1S/C16H12O2/c17-14-9-11-16(12-6-2-1-3-7-12)10-5-4-8-13(14)15(16)18/h1-11,13H. The minimum Gasteiger partial charge on any atom is -0.297 e. The maximum absolute atomic E-state index is 12.6. The number of allylic oxidation sites excluding steroid dienone is 6. The molecule has 2 aliphatic rings. The number of carbonyl (C=O) groups excluding carboxylic acids is 2. The molecule has 1 aromatic rings. The van der Waals surface area contributed by atoms with Gasteiger partial charge in [0.15, 0.2) is 11.6 Å². The molecule has 0 radical (unpaired) electrons. The normalized spacial score (nSPS) is 29.4. The molecule has 0 amide bonds. The lowest BCUT2D eigenvalue weighted by Crippen LogP contribution is -2.41. The minimum absolute atomic E-state index is 0.0637. The Morgan fingerprint density at radius 2 is 1.72 bits per heavy atom. The zero-order chi connectivity index (χ0) is 12.6. The molecule has 0 N–H and O–H groups in total. The Morgan fingerprint density at radius 1 is 0.944 bits per heavy atom. The number of Topliss-reactive ketones (excluding diaryl/α,β-unsaturated/α-hetero) is 1. The maximum atomic E-state index is 12.6. The highest BCUT2D eigenvalue weighted by Gasteiger charge is 2.44. The molecule has 0 saturated heterocycles. The molecule has 2 aliphatic carbocycles. The van der Waals surface area contributed by atoms with E-state index in [0.29, 0.717) is 0 Å². The Balaban J connectivity index is 2.24. The van der Waals surface area contributed by atoms with Crippen LogP contribution in [0.25, 0.3) is 0 Å². The van der Waals surface area contributed by atoms with E-state index in [0.717, 1.165) is 5.56 Å². The van der Waals surface area contributed by atoms with Crippen LogP contribution < -0.4 is 0 Å². The van der Waals surface area contributed by atoms with Crippen molar-refractivity contribution in [2.75, 3.05) is 0 Å². The lowest BCUT2D eigenvalue weighted by molar-refractivity contribution is -0.131. The number of fused-ring (bicyclic) bond motifs is 2. The highest BCUT2D eigenvalue weighted by molar-refractivity contribution is 6.17. The van der Waals surface area contributed by atoms with E-state index in [1.54, 1.807) is 18.2 Å². The quantitative estimate of drug-likeness (QED) is 0.701. The zero-order valence-corrected chi connectivity index (χ0v) is 9.74. The SMILES string of the molecule is O=C1C=CC2(c3ccccc3)C=CC=CC1C2=O. The van der Waals surface area contributed by atoms with E-state index < -0.39 is 11.3 Å². The Labute approximate surface area is 105 Å². The summed E-state index contributed by atoms with van der Waals surface area (Å²) in [5, 5.41) is 0. The first-order chi connectivity index (χ1) is 8.74. The summed E-state index contributed by atoms with van der Waals surface area (Å²) in [4.78, 5) is 24.3. The molecule has 2 unspecified atom stereocenters. The van der Waals surface area contributed by atoms with Gasteiger partial charge in [0.25, 0.3) is 0 Å². The highest BCUT2D eigenvalue weighted by atomic mass is 16.2. The largest absolute Gasteiger partial charge is 0.297 e. The number of rotatable bonds is 1. The summed E-state index contributed by atoms with van der Waals surface area (Å²) in [6, 6.07) is 9.57. The molecule has 0 heterocycles. The number of hydrogen-bond donors (Lipinski definition) is 0. The number of carbonyl (C=O) groups is 2. The first-order valence-electron chi connectivity index (χ1n) is 5.93. The molecule has 0 spiro atoms. The van der Waals surface area contributed by atoms with Crippen molar-refractivity contribution in [1.82, 2.24) is 0 Å². The number of ketones is 2. The van der Waals surface area contributed by atoms with Crippen molar-refractivity contribution >= 4 is 11.6 Å². The lowest BCUT2D eigenvalue weighted by Gasteiger charge is -2.31. The van der Waals surface area contributed by atoms with Crippen molar-refractivity contribution in [3.63, 3.8) is 0 Å². The lowest BCUT2D eigenvalue weighted by atomic mass is 9.69. The van der Waals surface area contributed by atoms with Crippen molar-refractivity contribution in [3.8, 4) is 0 Å². The van der Waals surface area contributed by atoms with Gasteiger partial charge in [-0.15, -0.1) is 0 Å². The molecule has 2 nitrogen and oxygen atoms in total. The fraction of sp³-hybridized carbons (Fsp3) is 0.125. The summed E-state index contributed by atoms with van der Waals surface area (Å²) in [6.45, 7) is 0. The second kappa shape index (κ2) is 3.91. The van der Waals surface area contributed by atoms with Gasteiger partial charge in [0.05, 0.1) is 5.41 Å². The molecule has 0 fully saturated rings. The summed E-state index contributed by atoms with van der Waals surface area (Å²) in [5.41, 5.74) is 0.118. The summed E-state index contributed by atoms with van der Waals surface area (Å²) < 4.78 is 0. The molecular weight excluding hydrogens is 224 g/mol. The predicted octanol–water partition coefficient (Wildman–Crippen LogP) is 2.37. The van der Waals surface area contributed by atoms with E-state index in [9.17, 15) is 9.59 Å². The molecule has 0 saturated carbocycles. The van der Waals surface area contributed by atoms with Crippen LogP contribution in [0.1, 0.15) is 5.56 Å². The fourth-order valence-corrected chi connectivity index (χ4v) is 2.54. The summed E-state index contributed by atoms with van der Waals surface area (Å²) in [7, 11) is 0. The van der Waals surface area contributed by atoms with Gasteiger partial charge in [-0.25, -0.2) is 0 Å². The van der Waals surface area contributed by atoms with Crippen LogP contribution in [0.4, 0.5) is 0 Å². The van der Waals surface area contributed by atoms with Crippen molar-refractivity contribution < 1.29 is 9.59 Å². The third kappa shape index (κ3) is 1.42. The zero-order valence-electron chi connectivity index (χ0n) is 9.74. The summed E-state index contributed by atoms with van der Waals surface area (Å²) in [5.74, 6) is -0.845. The summed E-state index contributed by atoms with van der Waals surface area (Å²) >= 11 is 0. The third-order valence-corrected chi connectivity index (χ3v) is 3.53. The van der Waals surface area contributed by atoms with E-state index in [4.69, 9.17) is 0 Å². The molecule has 1 aromatic carbocycles. The second-order valence-electron chi connectivity index (χ2n) is 4.56. The maximum Gasteiger partial charge on any atom is 0.169 e. The van der Waals surface area contributed by atoms with Crippen LogP contribution in [0.3, 0.4) is 0 Å². The van der Waals surface area contributed by atoms with Crippen molar-refractivity contribution in [3.05, 3.63) is 72.4 Å². The van der Waals surface area contributed by atoms with E-state index in [1.165, 1.54) is 6.08 Å². The van der Waals surface area contributed by atoms with Crippen LogP contribution in [-0.4, -0.2) is 11.6 Å². The molecular formula is C16H12O2. The molecule has 2 atom stereocenters. The van der Waals surface area contributed by atoms with E-state index in [-0.39, 0.29) is 11.6 Å². The molecule has 0 aromatic heterocycles. The van der Waals surface area contributed by atoms with Gasteiger partial charge in [0.1, 0.15) is 5.92 Å². The average molecular weight is 236 g/mol. The second-order valence-corrected chi connectivity index (χ2v) is 4.56. The van der Waals surface area contributed by atoms with Gasteiger partial charge in [0.2, 0.25) is 0 Å². The molecule has 2 bridgehead atoms. The van der Waals surface area contributed by atoms with E-state index in [2.05, 4.69) is 0 Å². The van der Waals surface area contributed by atoms with Crippen molar-refractivity contribution in [2.24, 2.45) is 5.92 Å². The third-order valence-electron chi connectivity index (χ3n) is 3.53. The average Bonchev–Trinajstić information content (AvgIpc) is 2.51. The molecule has 18 heavy (non-hydrogen) atoms. The van der Waals surface area contributed by atoms with Gasteiger partial charge in [-0.3, -0.25) is 9.59 Å². The van der Waals surface area contributed by atoms with Crippen molar-refractivity contribution in [2.45, 2.75) is 5.41 Å². The van der Waals surface area contributed by atoms with E-state index >= 15 is 0 Å². The Morgan fingerprint density at radius 3 is 2.50 bits per heavy atom. The van der Waals surface area contributed by atoms with E-state index in [1.807, 2.05) is 42.5 Å².